The molecule has 0 radical (unpaired) electrons. The number of rotatable bonds is 3. The molecule has 0 aliphatic carbocycles. The standard InChI is InChI=1S/C15H16ClN5O2/c1-9-10(4-17)3-12(16)15(19-9)21-7-13(22)14(8-21)23-11-5-18-20(2)6-11/h3,5-6,13-14,22H,7-8H2,1-2H3/t13-,14-/m1/s1. The van der Waals surface area contributed by atoms with Gasteiger partial charge in [-0.15, -0.1) is 0 Å². The average molecular weight is 334 g/mol. The number of pyridine rings is 1. The fourth-order valence-corrected chi connectivity index (χ4v) is 2.85. The van der Waals surface area contributed by atoms with Gasteiger partial charge in [-0.3, -0.25) is 4.68 Å². The van der Waals surface area contributed by atoms with Crippen LogP contribution in [0.15, 0.2) is 18.5 Å². The van der Waals surface area contributed by atoms with Gasteiger partial charge in [-0.25, -0.2) is 4.98 Å². The van der Waals surface area contributed by atoms with Crippen LogP contribution in [0.4, 0.5) is 5.82 Å². The maximum absolute atomic E-state index is 10.2. The molecule has 2 aromatic rings. The van der Waals surface area contributed by atoms with Crippen molar-refractivity contribution in [2.45, 2.75) is 19.1 Å². The van der Waals surface area contributed by atoms with Gasteiger partial charge < -0.3 is 14.7 Å². The minimum atomic E-state index is -0.663. The van der Waals surface area contributed by atoms with Crippen LogP contribution >= 0.6 is 11.6 Å². The summed E-state index contributed by atoms with van der Waals surface area (Å²) in [7, 11) is 1.80. The number of ether oxygens (including phenoxy) is 1. The van der Waals surface area contributed by atoms with Gasteiger partial charge in [-0.05, 0) is 13.0 Å². The molecule has 23 heavy (non-hydrogen) atoms. The van der Waals surface area contributed by atoms with E-state index in [9.17, 15) is 5.11 Å². The normalized spacial score (nSPS) is 20.6. The zero-order chi connectivity index (χ0) is 16.6. The third-order valence-electron chi connectivity index (χ3n) is 3.77. The maximum Gasteiger partial charge on any atom is 0.157 e. The molecule has 2 aromatic heterocycles. The third kappa shape index (κ3) is 3.09. The Bertz CT molecular complexity index is 770. The van der Waals surface area contributed by atoms with E-state index >= 15 is 0 Å². The minimum absolute atomic E-state index is 0.364. The molecule has 7 nitrogen and oxygen atoms in total. The molecule has 1 aliphatic rings. The molecule has 0 aromatic carbocycles. The summed E-state index contributed by atoms with van der Waals surface area (Å²) in [5.74, 6) is 1.16. The highest BCUT2D eigenvalue weighted by atomic mass is 35.5. The first-order valence-electron chi connectivity index (χ1n) is 7.13. The Labute approximate surface area is 138 Å². The summed E-state index contributed by atoms with van der Waals surface area (Å²) in [4.78, 5) is 6.26. The first kappa shape index (κ1) is 15.6. The minimum Gasteiger partial charge on any atom is -0.482 e. The van der Waals surface area contributed by atoms with Crippen molar-refractivity contribution in [3.05, 3.63) is 34.7 Å². The van der Waals surface area contributed by atoms with Gasteiger partial charge in [0.05, 0.1) is 35.2 Å². The molecule has 3 heterocycles. The Morgan fingerprint density at radius 2 is 2.26 bits per heavy atom. The fourth-order valence-electron chi connectivity index (χ4n) is 2.58. The lowest BCUT2D eigenvalue weighted by atomic mass is 10.2. The van der Waals surface area contributed by atoms with Gasteiger partial charge in [0.2, 0.25) is 0 Å². The van der Waals surface area contributed by atoms with Crippen LogP contribution in [0.3, 0.4) is 0 Å². The number of aryl methyl sites for hydroxylation is 2. The Kier molecular flexibility index (Phi) is 4.11. The highest BCUT2D eigenvalue weighted by Crippen LogP contribution is 2.29. The number of hydrogen-bond donors (Lipinski definition) is 1. The lowest BCUT2D eigenvalue weighted by Crippen LogP contribution is -2.29. The van der Waals surface area contributed by atoms with Crippen LogP contribution in [0.5, 0.6) is 5.75 Å². The van der Waals surface area contributed by atoms with Crippen molar-refractivity contribution < 1.29 is 9.84 Å². The summed E-state index contributed by atoms with van der Waals surface area (Å²) < 4.78 is 7.41. The van der Waals surface area contributed by atoms with Crippen LogP contribution in [0.2, 0.25) is 5.02 Å². The lowest BCUT2D eigenvalue weighted by Gasteiger charge is -2.19. The molecule has 0 bridgehead atoms. The predicted octanol–water partition coefficient (Wildman–Crippen LogP) is 1.28. The zero-order valence-electron chi connectivity index (χ0n) is 12.8. The van der Waals surface area contributed by atoms with Crippen molar-refractivity contribution in [1.29, 1.82) is 5.26 Å². The summed E-state index contributed by atoms with van der Waals surface area (Å²) in [5, 5.41) is 23.7. The molecular formula is C15H16ClN5O2. The van der Waals surface area contributed by atoms with Gasteiger partial charge in [0.15, 0.2) is 5.75 Å². The molecular weight excluding hydrogens is 318 g/mol. The molecule has 0 saturated carbocycles. The Morgan fingerprint density at radius 3 is 2.91 bits per heavy atom. The number of aliphatic hydroxyl groups is 1. The molecule has 8 heteroatoms. The van der Waals surface area contributed by atoms with Crippen LogP contribution in [-0.4, -0.2) is 45.2 Å². The monoisotopic (exact) mass is 333 g/mol. The van der Waals surface area contributed by atoms with E-state index in [0.717, 1.165) is 0 Å². The second kappa shape index (κ2) is 6.07. The Morgan fingerprint density at radius 1 is 1.48 bits per heavy atom. The van der Waals surface area contributed by atoms with Gasteiger partial charge >= 0.3 is 0 Å². The molecule has 2 atom stereocenters. The second-order valence-corrected chi connectivity index (χ2v) is 5.92. The van der Waals surface area contributed by atoms with Crippen LogP contribution in [0, 0.1) is 18.3 Å². The molecule has 1 N–H and O–H groups in total. The number of nitrogens with zero attached hydrogens (tertiary/aromatic N) is 5. The number of aromatic nitrogens is 3. The molecule has 1 saturated heterocycles. The van der Waals surface area contributed by atoms with Crippen molar-refractivity contribution in [2.24, 2.45) is 7.05 Å². The third-order valence-corrected chi connectivity index (χ3v) is 4.05. The summed E-state index contributed by atoms with van der Waals surface area (Å²) >= 11 is 6.23. The van der Waals surface area contributed by atoms with Crippen LogP contribution in [-0.2, 0) is 7.05 Å². The van der Waals surface area contributed by atoms with Crippen LogP contribution < -0.4 is 9.64 Å². The highest BCUT2D eigenvalue weighted by Gasteiger charge is 2.35. The second-order valence-electron chi connectivity index (χ2n) is 5.52. The average Bonchev–Trinajstić information content (AvgIpc) is 3.08. The number of β-amino-alcohol motifs (C(OH)–C–C–N with tert-alkyl or cyclic N) is 1. The quantitative estimate of drug-likeness (QED) is 0.910. The molecule has 0 spiro atoms. The highest BCUT2D eigenvalue weighted by molar-refractivity contribution is 6.33. The Balaban J connectivity index is 1.78. The number of aliphatic hydroxyl groups excluding tert-OH is 1. The van der Waals surface area contributed by atoms with Gasteiger partial charge in [0.1, 0.15) is 24.1 Å². The van der Waals surface area contributed by atoms with Crippen LogP contribution in [0.1, 0.15) is 11.3 Å². The summed E-state index contributed by atoms with van der Waals surface area (Å²) in [5.41, 5.74) is 1.06. The van der Waals surface area contributed by atoms with Gasteiger partial charge in [-0.1, -0.05) is 11.6 Å². The fraction of sp³-hybridized carbons (Fsp3) is 0.400. The van der Waals surface area contributed by atoms with Gasteiger partial charge in [0, 0.05) is 13.6 Å². The largest absolute Gasteiger partial charge is 0.482 e. The van der Waals surface area contributed by atoms with E-state index in [0.29, 0.717) is 40.9 Å². The predicted molar refractivity (Wildman–Crippen MR) is 84.5 cm³/mol. The molecule has 0 unspecified atom stereocenters. The van der Waals surface area contributed by atoms with E-state index < -0.39 is 12.2 Å². The molecule has 120 valence electrons. The van der Waals surface area contributed by atoms with Crippen molar-refractivity contribution >= 4 is 17.4 Å². The first-order chi connectivity index (χ1) is 11.0. The zero-order valence-corrected chi connectivity index (χ0v) is 13.5. The van der Waals surface area contributed by atoms with E-state index in [1.165, 1.54) is 0 Å². The summed E-state index contributed by atoms with van der Waals surface area (Å²) in [6, 6.07) is 3.66. The number of anilines is 1. The van der Waals surface area contributed by atoms with Crippen molar-refractivity contribution in [1.82, 2.24) is 14.8 Å². The number of hydrogen-bond acceptors (Lipinski definition) is 6. The Hall–Kier alpha value is -2.30. The number of nitriles is 1. The van der Waals surface area contributed by atoms with E-state index in [2.05, 4.69) is 16.2 Å². The van der Waals surface area contributed by atoms with Crippen molar-refractivity contribution in [3.63, 3.8) is 0 Å². The molecule has 3 rings (SSSR count). The number of halogens is 1. The summed E-state index contributed by atoms with van der Waals surface area (Å²) in [6.45, 7) is 2.58. The van der Waals surface area contributed by atoms with Gasteiger partial charge in [-0.2, -0.15) is 10.4 Å². The molecule has 1 fully saturated rings. The first-order valence-corrected chi connectivity index (χ1v) is 7.51. The van der Waals surface area contributed by atoms with Gasteiger partial charge in [0.25, 0.3) is 0 Å². The summed E-state index contributed by atoms with van der Waals surface area (Å²) in [6.07, 6.45) is 2.29. The van der Waals surface area contributed by atoms with E-state index in [4.69, 9.17) is 21.6 Å². The smallest absolute Gasteiger partial charge is 0.157 e. The van der Waals surface area contributed by atoms with E-state index in [1.807, 2.05) is 4.90 Å². The maximum atomic E-state index is 10.2. The topological polar surface area (TPSA) is 87.2 Å². The van der Waals surface area contributed by atoms with E-state index in [1.54, 1.807) is 37.1 Å². The molecule has 1 aliphatic heterocycles. The molecule has 0 amide bonds. The van der Waals surface area contributed by atoms with Crippen molar-refractivity contribution in [2.75, 3.05) is 18.0 Å². The lowest BCUT2D eigenvalue weighted by molar-refractivity contribution is 0.0737. The SMILES string of the molecule is Cc1nc(N2C[C@@H](O)[C@H](Oc3cnn(C)c3)C2)c(Cl)cc1C#N. The van der Waals surface area contributed by atoms with Crippen LogP contribution in [0.25, 0.3) is 0 Å². The van der Waals surface area contributed by atoms with Crippen molar-refractivity contribution in [3.8, 4) is 11.8 Å². The van der Waals surface area contributed by atoms with E-state index in [-0.39, 0.29) is 0 Å².